The summed E-state index contributed by atoms with van der Waals surface area (Å²) in [6.07, 6.45) is 1.38. The lowest BCUT2D eigenvalue weighted by Crippen LogP contribution is -2.51. The molecule has 0 atom stereocenters. The summed E-state index contributed by atoms with van der Waals surface area (Å²) in [4.78, 5) is 6.71. The summed E-state index contributed by atoms with van der Waals surface area (Å²) in [6.45, 7) is 7.15. The third-order valence-corrected chi connectivity index (χ3v) is 6.28. The van der Waals surface area contributed by atoms with Crippen molar-refractivity contribution in [2.24, 2.45) is 4.99 Å². The topological polar surface area (TPSA) is 95.3 Å². The fourth-order valence-corrected chi connectivity index (χ4v) is 4.65. The van der Waals surface area contributed by atoms with Gasteiger partial charge in [0.15, 0.2) is 5.96 Å². The molecule has 0 radical (unpaired) electrons. The van der Waals surface area contributed by atoms with E-state index in [0.717, 1.165) is 31.2 Å². The van der Waals surface area contributed by atoms with Crippen LogP contribution in [0, 0.1) is 17.1 Å². The molecule has 0 unspecified atom stereocenters. The van der Waals surface area contributed by atoms with Crippen molar-refractivity contribution in [1.82, 2.24) is 20.0 Å². The summed E-state index contributed by atoms with van der Waals surface area (Å²) in [7, 11) is 1.80. The van der Waals surface area contributed by atoms with E-state index in [1.807, 2.05) is 11.8 Å². The van der Waals surface area contributed by atoms with E-state index in [0.29, 0.717) is 29.9 Å². The minimum absolute atomic E-state index is 0. The monoisotopic (exact) mass is 557 g/mol. The molecule has 0 bridgehead atoms. The molecule has 3 rings (SSSR count). The van der Waals surface area contributed by atoms with Crippen LogP contribution in [0.25, 0.3) is 5.69 Å². The van der Waals surface area contributed by atoms with E-state index in [-0.39, 0.29) is 40.4 Å². The van der Waals surface area contributed by atoms with Gasteiger partial charge >= 0.3 is 0 Å². The number of aromatic nitrogens is 2. The van der Waals surface area contributed by atoms with Gasteiger partial charge in [-0.3, -0.25) is 4.99 Å². The van der Waals surface area contributed by atoms with Crippen LogP contribution in [0.1, 0.15) is 31.5 Å². The van der Waals surface area contributed by atoms with Crippen LogP contribution in [0.3, 0.4) is 0 Å². The minimum Gasteiger partial charge on any atom is -0.382 e. The number of nitriles is 1. The molecule has 0 spiro atoms. The lowest BCUT2D eigenvalue weighted by Gasteiger charge is -2.39. The van der Waals surface area contributed by atoms with E-state index in [9.17, 15) is 9.65 Å². The summed E-state index contributed by atoms with van der Waals surface area (Å²) in [5.74, 6) is 1.93. The van der Waals surface area contributed by atoms with Crippen LogP contribution in [0.15, 0.2) is 29.3 Å². The zero-order chi connectivity index (χ0) is 21.7. The molecule has 7 nitrogen and oxygen atoms in total. The van der Waals surface area contributed by atoms with Crippen molar-refractivity contribution in [2.45, 2.75) is 31.4 Å². The predicted octanol–water partition coefficient (Wildman–Crippen LogP) is 3.42. The van der Waals surface area contributed by atoms with Crippen molar-refractivity contribution < 1.29 is 4.39 Å². The highest BCUT2D eigenvalue weighted by Gasteiger charge is 2.28. The maximum absolute atomic E-state index is 13.2. The van der Waals surface area contributed by atoms with Gasteiger partial charge in [0.1, 0.15) is 23.3 Å². The Morgan fingerprint density at radius 1 is 1.39 bits per heavy atom. The molecule has 31 heavy (non-hydrogen) atoms. The Morgan fingerprint density at radius 2 is 2.10 bits per heavy atom. The van der Waals surface area contributed by atoms with E-state index in [4.69, 9.17) is 5.73 Å². The van der Waals surface area contributed by atoms with E-state index in [1.54, 1.807) is 19.2 Å². The highest BCUT2D eigenvalue weighted by Crippen LogP contribution is 2.29. The molecular weight excluding hydrogens is 528 g/mol. The molecule has 1 aliphatic rings. The molecule has 1 aromatic carbocycles. The first-order chi connectivity index (χ1) is 14.3. The molecule has 1 fully saturated rings. The normalized spacial score (nSPS) is 15.8. The first-order valence-electron chi connectivity index (χ1n) is 9.97. The molecule has 168 valence electrons. The van der Waals surface area contributed by atoms with Crippen LogP contribution >= 0.6 is 35.7 Å². The van der Waals surface area contributed by atoms with Crippen molar-refractivity contribution in [3.8, 4) is 11.8 Å². The maximum atomic E-state index is 13.2. The number of benzene rings is 1. The summed E-state index contributed by atoms with van der Waals surface area (Å²) in [5.41, 5.74) is 7.77. The third-order valence-electron chi connectivity index (χ3n) is 4.99. The van der Waals surface area contributed by atoms with Crippen LogP contribution < -0.4 is 11.1 Å². The number of thioether (sulfide) groups is 1. The molecule has 2 aromatic rings. The Kier molecular flexibility index (Phi) is 9.00. The van der Waals surface area contributed by atoms with Gasteiger partial charge in [-0.05, 0) is 51.0 Å². The van der Waals surface area contributed by atoms with Crippen molar-refractivity contribution in [1.29, 1.82) is 5.26 Å². The first kappa shape index (κ1) is 25.3. The molecule has 3 N–H and O–H groups in total. The molecule has 1 aromatic heterocycles. The number of rotatable bonds is 5. The summed E-state index contributed by atoms with van der Waals surface area (Å²) < 4.78 is 14.9. The van der Waals surface area contributed by atoms with Crippen LogP contribution in [-0.2, 0) is 6.42 Å². The predicted molar refractivity (Wildman–Crippen MR) is 136 cm³/mol. The number of nitrogens with one attached hydrogen (secondary N) is 1. The molecule has 1 saturated heterocycles. The Bertz CT molecular complexity index is 950. The maximum Gasteiger partial charge on any atom is 0.193 e. The quantitative estimate of drug-likeness (QED) is 0.253. The van der Waals surface area contributed by atoms with Crippen molar-refractivity contribution >= 4 is 47.5 Å². The van der Waals surface area contributed by atoms with Crippen LogP contribution in [0.4, 0.5) is 10.2 Å². The third kappa shape index (κ3) is 6.26. The van der Waals surface area contributed by atoms with Crippen LogP contribution in [0.5, 0.6) is 0 Å². The number of anilines is 1. The summed E-state index contributed by atoms with van der Waals surface area (Å²) >= 11 is 1.99. The van der Waals surface area contributed by atoms with Crippen LogP contribution in [-0.4, -0.2) is 57.8 Å². The second kappa shape index (κ2) is 11.0. The standard InChI is InChI=1S/C21H28FN7S.HI/c1-21(2)14-28(11-12-30-21)20(25-3)26-10-4-5-18-17(13-23)19(24)29(27-18)16-8-6-15(22)7-9-16;/h6-9H,4-5,10-12,14,24H2,1-3H3,(H,25,26);1H. The number of nitrogens with zero attached hydrogens (tertiary/aromatic N) is 5. The van der Waals surface area contributed by atoms with Gasteiger partial charge in [0.25, 0.3) is 0 Å². The van der Waals surface area contributed by atoms with Crippen molar-refractivity contribution in [3.63, 3.8) is 0 Å². The Balaban J connectivity index is 0.00000341. The number of hydrogen-bond donors (Lipinski definition) is 2. The molecule has 2 heterocycles. The molecule has 1 aliphatic heterocycles. The number of nitrogen functional groups attached to an aromatic ring is 1. The highest BCUT2D eigenvalue weighted by atomic mass is 127. The number of aryl methyl sites for hydroxylation is 1. The van der Waals surface area contributed by atoms with Gasteiger partial charge in [-0.2, -0.15) is 22.1 Å². The largest absolute Gasteiger partial charge is 0.382 e. The molecule has 0 saturated carbocycles. The Morgan fingerprint density at radius 3 is 2.71 bits per heavy atom. The minimum atomic E-state index is -0.333. The van der Waals surface area contributed by atoms with Crippen molar-refractivity contribution in [2.75, 3.05) is 38.2 Å². The highest BCUT2D eigenvalue weighted by molar-refractivity contribution is 14.0. The smallest absolute Gasteiger partial charge is 0.193 e. The van der Waals surface area contributed by atoms with Gasteiger partial charge in [-0.25, -0.2) is 9.07 Å². The molecule has 10 heteroatoms. The average Bonchev–Trinajstić information content (AvgIpc) is 3.03. The molecule has 0 amide bonds. The van der Waals surface area contributed by atoms with E-state index < -0.39 is 0 Å². The number of guanidine groups is 1. The van der Waals surface area contributed by atoms with Gasteiger partial charge in [0.2, 0.25) is 0 Å². The summed E-state index contributed by atoms with van der Waals surface area (Å²) in [6, 6.07) is 8.02. The fourth-order valence-electron chi connectivity index (χ4n) is 3.54. The Hall–Kier alpha value is -2.00. The van der Waals surface area contributed by atoms with Gasteiger partial charge < -0.3 is 16.0 Å². The van der Waals surface area contributed by atoms with Crippen molar-refractivity contribution in [3.05, 3.63) is 41.3 Å². The number of hydrogen-bond acceptors (Lipinski definition) is 5. The summed E-state index contributed by atoms with van der Waals surface area (Å²) in [5, 5.41) is 17.4. The number of aliphatic imine (C=N–C) groups is 1. The van der Waals surface area contributed by atoms with Gasteiger partial charge in [0.05, 0.1) is 11.4 Å². The van der Waals surface area contributed by atoms with Gasteiger partial charge in [0, 0.05) is 37.2 Å². The fraction of sp³-hybridized carbons (Fsp3) is 0.476. The second-order valence-corrected chi connectivity index (χ2v) is 9.62. The average molecular weight is 557 g/mol. The Labute approximate surface area is 204 Å². The van der Waals surface area contributed by atoms with E-state index >= 15 is 0 Å². The zero-order valence-electron chi connectivity index (χ0n) is 18.1. The molecule has 0 aliphatic carbocycles. The van der Waals surface area contributed by atoms with Crippen LogP contribution in [0.2, 0.25) is 0 Å². The molecular formula is C21H29FIN7S. The zero-order valence-corrected chi connectivity index (χ0v) is 21.2. The lowest BCUT2D eigenvalue weighted by molar-refractivity contribution is 0.375. The lowest BCUT2D eigenvalue weighted by atomic mass is 10.1. The van der Waals surface area contributed by atoms with E-state index in [1.165, 1.54) is 16.8 Å². The number of halogens is 2. The van der Waals surface area contributed by atoms with Gasteiger partial charge in [-0.1, -0.05) is 0 Å². The second-order valence-electron chi connectivity index (χ2n) is 7.81. The van der Waals surface area contributed by atoms with E-state index in [2.05, 4.69) is 40.2 Å². The van der Waals surface area contributed by atoms with Gasteiger partial charge in [-0.15, -0.1) is 24.0 Å². The SMILES string of the molecule is CN=C(NCCCc1nn(-c2ccc(F)cc2)c(N)c1C#N)N1CCSC(C)(C)C1.I. The first-order valence-corrected chi connectivity index (χ1v) is 11.0. The number of nitrogens with two attached hydrogens (primary N) is 1.